The Kier molecular flexibility index (Phi) is 7.37. The number of anilines is 1. The molecule has 36 heavy (non-hydrogen) atoms. The van der Waals surface area contributed by atoms with Crippen LogP contribution in [0, 0.1) is 0 Å². The number of likely N-dealkylation sites (N-methyl/N-ethyl adjacent to an activating group) is 1. The third-order valence-corrected chi connectivity index (χ3v) is 7.31. The Morgan fingerprint density at radius 2 is 1.94 bits per heavy atom. The molecule has 2 aromatic carbocycles. The number of nitrogens with one attached hydrogen (secondary N) is 1. The highest BCUT2D eigenvalue weighted by Gasteiger charge is 2.41. The third kappa shape index (κ3) is 5.54. The lowest BCUT2D eigenvalue weighted by atomic mass is 9.77. The van der Waals surface area contributed by atoms with Gasteiger partial charge in [0.05, 0.1) is 13.2 Å². The molecule has 0 aromatic heterocycles. The first-order valence-corrected chi connectivity index (χ1v) is 12.9. The normalized spacial score (nSPS) is 19.2. The second kappa shape index (κ2) is 10.2. The minimum absolute atomic E-state index is 0.0759. The number of fused-ring (bicyclic) bond motifs is 1. The summed E-state index contributed by atoms with van der Waals surface area (Å²) < 4.78 is 11.1. The molecule has 1 atom stereocenters. The number of para-hydroxylation sites is 1. The summed E-state index contributed by atoms with van der Waals surface area (Å²) in [7, 11) is 3.54. The summed E-state index contributed by atoms with van der Waals surface area (Å²) in [6, 6.07) is 15.3. The predicted molar refractivity (Wildman–Crippen MR) is 147 cm³/mol. The Morgan fingerprint density at radius 1 is 1.19 bits per heavy atom. The van der Waals surface area contributed by atoms with Gasteiger partial charge in [-0.25, -0.2) is 4.79 Å². The van der Waals surface area contributed by atoms with E-state index in [0.29, 0.717) is 6.54 Å². The van der Waals surface area contributed by atoms with Crippen molar-refractivity contribution in [2.24, 2.45) is 0 Å². The van der Waals surface area contributed by atoms with E-state index in [4.69, 9.17) is 9.47 Å². The molecule has 2 heterocycles. The molecular weight excluding hydrogens is 450 g/mol. The summed E-state index contributed by atoms with van der Waals surface area (Å²) >= 11 is 0. The standard InChI is InChI=1S/C30H41N3O3/c1-29(2,3)36-28(34)32(6)18-19-33-16-14-21(15-17-33)22-12-13-25-24(20-22)30(4,5)27(31-25)23-10-8-9-11-26(23)35-7/h8-14,20,27,31H,15-19H2,1-7H3. The number of ether oxygens (including phenoxy) is 2. The first kappa shape index (κ1) is 26.1. The number of methoxy groups -OCH3 is 1. The third-order valence-electron chi connectivity index (χ3n) is 7.31. The Hall–Kier alpha value is -2.99. The zero-order valence-electron chi connectivity index (χ0n) is 22.9. The Bertz CT molecular complexity index is 1130. The molecule has 1 unspecified atom stereocenters. The summed E-state index contributed by atoms with van der Waals surface area (Å²) in [5.74, 6) is 0.920. The molecule has 0 saturated heterocycles. The van der Waals surface area contributed by atoms with Crippen LogP contribution in [0.5, 0.6) is 5.75 Å². The van der Waals surface area contributed by atoms with Crippen molar-refractivity contribution >= 4 is 17.4 Å². The molecule has 2 aromatic rings. The molecule has 0 bridgehead atoms. The van der Waals surface area contributed by atoms with E-state index in [2.05, 4.69) is 60.5 Å². The van der Waals surface area contributed by atoms with Gasteiger partial charge >= 0.3 is 6.09 Å². The van der Waals surface area contributed by atoms with Gasteiger partial charge in [-0.15, -0.1) is 0 Å². The van der Waals surface area contributed by atoms with Crippen molar-refractivity contribution in [3.05, 3.63) is 65.2 Å². The second-order valence-electron chi connectivity index (χ2n) is 11.5. The zero-order chi connectivity index (χ0) is 26.1. The van der Waals surface area contributed by atoms with Crippen molar-refractivity contribution < 1.29 is 14.3 Å². The van der Waals surface area contributed by atoms with Crippen molar-refractivity contribution in [2.75, 3.05) is 45.7 Å². The Labute approximate surface area is 216 Å². The molecule has 6 heteroatoms. The first-order chi connectivity index (χ1) is 17.0. The molecule has 194 valence electrons. The average Bonchev–Trinajstić information content (AvgIpc) is 3.11. The second-order valence-corrected chi connectivity index (χ2v) is 11.5. The molecule has 1 N–H and O–H groups in total. The van der Waals surface area contributed by atoms with Crippen molar-refractivity contribution in [1.29, 1.82) is 0 Å². The SMILES string of the molecule is COc1ccccc1C1Nc2ccc(C3=CCN(CCN(C)C(=O)OC(C)(C)C)CC3)cc2C1(C)C. The van der Waals surface area contributed by atoms with E-state index in [1.165, 1.54) is 28.0 Å². The number of carbonyl (C=O) groups is 1. The van der Waals surface area contributed by atoms with E-state index in [1.54, 1.807) is 19.1 Å². The highest BCUT2D eigenvalue weighted by molar-refractivity contribution is 5.73. The smallest absolute Gasteiger partial charge is 0.410 e. The number of benzene rings is 2. The zero-order valence-corrected chi connectivity index (χ0v) is 22.9. The van der Waals surface area contributed by atoms with Gasteiger partial charge in [-0.05, 0) is 62.1 Å². The van der Waals surface area contributed by atoms with Gasteiger partial charge in [0.1, 0.15) is 11.4 Å². The number of nitrogens with zero attached hydrogens (tertiary/aromatic N) is 2. The lowest BCUT2D eigenvalue weighted by Crippen LogP contribution is -2.40. The summed E-state index contributed by atoms with van der Waals surface area (Å²) in [6.07, 6.45) is 3.07. The van der Waals surface area contributed by atoms with E-state index in [-0.39, 0.29) is 17.6 Å². The van der Waals surface area contributed by atoms with Gasteiger partial charge in [-0.1, -0.05) is 44.2 Å². The molecule has 0 aliphatic carbocycles. The maximum Gasteiger partial charge on any atom is 0.410 e. The highest BCUT2D eigenvalue weighted by Crippen LogP contribution is 2.50. The van der Waals surface area contributed by atoms with Crippen molar-refractivity contribution in [2.45, 2.75) is 58.1 Å². The largest absolute Gasteiger partial charge is 0.496 e. The molecule has 6 nitrogen and oxygen atoms in total. The van der Waals surface area contributed by atoms with Gasteiger partial charge in [0.2, 0.25) is 0 Å². The fraction of sp³-hybridized carbons (Fsp3) is 0.500. The van der Waals surface area contributed by atoms with Crippen LogP contribution in [-0.2, 0) is 10.2 Å². The molecule has 4 rings (SSSR count). The van der Waals surface area contributed by atoms with E-state index in [0.717, 1.165) is 31.8 Å². The van der Waals surface area contributed by atoms with E-state index in [9.17, 15) is 4.79 Å². The number of carbonyl (C=O) groups excluding carboxylic acids is 1. The minimum atomic E-state index is -0.471. The quantitative estimate of drug-likeness (QED) is 0.529. The van der Waals surface area contributed by atoms with Crippen molar-refractivity contribution in [3.8, 4) is 5.75 Å². The molecule has 0 saturated carbocycles. The number of hydrogen-bond acceptors (Lipinski definition) is 5. The van der Waals surface area contributed by atoms with Crippen LogP contribution in [-0.4, -0.2) is 61.8 Å². The van der Waals surface area contributed by atoms with Gasteiger partial charge in [-0.2, -0.15) is 0 Å². The minimum Gasteiger partial charge on any atom is -0.496 e. The van der Waals surface area contributed by atoms with Crippen LogP contribution in [0.2, 0.25) is 0 Å². The average molecular weight is 492 g/mol. The van der Waals surface area contributed by atoms with Crippen LogP contribution in [0.3, 0.4) is 0 Å². The Balaban J connectivity index is 1.42. The summed E-state index contributed by atoms with van der Waals surface area (Å²) in [5.41, 5.74) is 5.88. The van der Waals surface area contributed by atoms with Gasteiger partial charge in [0, 0.05) is 49.9 Å². The van der Waals surface area contributed by atoms with Gasteiger partial charge in [0.15, 0.2) is 0 Å². The Morgan fingerprint density at radius 3 is 2.61 bits per heavy atom. The van der Waals surface area contributed by atoms with Crippen LogP contribution in [0.25, 0.3) is 5.57 Å². The topological polar surface area (TPSA) is 54.0 Å². The van der Waals surface area contributed by atoms with Crippen LogP contribution in [0.1, 0.15) is 63.8 Å². The maximum absolute atomic E-state index is 12.2. The van der Waals surface area contributed by atoms with Crippen molar-refractivity contribution in [3.63, 3.8) is 0 Å². The fourth-order valence-electron chi connectivity index (χ4n) is 5.16. The van der Waals surface area contributed by atoms with E-state index < -0.39 is 5.60 Å². The van der Waals surface area contributed by atoms with Gasteiger partial charge in [0.25, 0.3) is 0 Å². The van der Waals surface area contributed by atoms with Gasteiger partial charge in [-0.3, -0.25) is 4.90 Å². The molecule has 2 aliphatic rings. The van der Waals surface area contributed by atoms with Crippen LogP contribution < -0.4 is 10.1 Å². The highest BCUT2D eigenvalue weighted by atomic mass is 16.6. The molecule has 0 spiro atoms. The lowest BCUT2D eigenvalue weighted by molar-refractivity contribution is 0.0285. The lowest BCUT2D eigenvalue weighted by Gasteiger charge is -2.30. The molecule has 1 amide bonds. The summed E-state index contributed by atoms with van der Waals surface area (Å²) in [5, 5.41) is 3.75. The summed E-state index contributed by atoms with van der Waals surface area (Å²) in [4.78, 5) is 16.3. The van der Waals surface area contributed by atoms with Crippen LogP contribution in [0.15, 0.2) is 48.5 Å². The van der Waals surface area contributed by atoms with Crippen LogP contribution >= 0.6 is 0 Å². The molecular formula is C30H41N3O3. The molecule has 0 radical (unpaired) electrons. The van der Waals surface area contributed by atoms with Crippen LogP contribution in [0.4, 0.5) is 10.5 Å². The van der Waals surface area contributed by atoms with E-state index in [1.807, 2.05) is 32.9 Å². The number of hydrogen-bond donors (Lipinski definition) is 1. The molecule has 2 aliphatic heterocycles. The predicted octanol–water partition coefficient (Wildman–Crippen LogP) is 6.10. The monoisotopic (exact) mass is 491 g/mol. The van der Waals surface area contributed by atoms with E-state index >= 15 is 0 Å². The fourth-order valence-corrected chi connectivity index (χ4v) is 5.16. The molecule has 0 fully saturated rings. The summed E-state index contributed by atoms with van der Waals surface area (Å²) in [6.45, 7) is 13.7. The van der Waals surface area contributed by atoms with Crippen molar-refractivity contribution in [1.82, 2.24) is 9.80 Å². The van der Waals surface area contributed by atoms with Gasteiger partial charge < -0.3 is 19.7 Å². The first-order valence-electron chi connectivity index (χ1n) is 12.9. The number of amides is 1. The number of rotatable bonds is 6. The maximum atomic E-state index is 12.2.